The molecule has 0 aliphatic heterocycles. The van der Waals surface area contributed by atoms with Crippen LogP contribution in [0.15, 0.2) is 28.0 Å². The third-order valence-electron chi connectivity index (χ3n) is 1.48. The van der Waals surface area contributed by atoms with Crippen LogP contribution < -0.4 is 0 Å². The van der Waals surface area contributed by atoms with E-state index in [1.165, 1.54) is 10.7 Å². The molecule has 13 heavy (non-hydrogen) atoms. The molecule has 0 saturated heterocycles. The van der Waals surface area contributed by atoms with Gasteiger partial charge in [0.2, 0.25) is 0 Å². The first kappa shape index (κ1) is 8.79. The molecule has 1 unspecified atom stereocenters. The SMILES string of the molecule is O=S(O)c1cnn2cc(Br)cnc12. The summed E-state index contributed by atoms with van der Waals surface area (Å²) in [7, 11) is 0. The van der Waals surface area contributed by atoms with Crippen LogP contribution in [0.25, 0.3) is 5.65 Å². The summed E-state index contributed by atoms with van der Waals surface area (Å²) < 4.78 is 21.8. The summed E-state index contributed by atoms with van der Waals surface area (Å²) in [5, 5.41) is 3.87. The van der Waals surface area contributed by atoms with Gasteiger partial charge in [-0.25, -0.2) is 13.7 Å². The molecule has 0 amide bonds. The summed E-state index contributed by atoms with van der Waals surface area (Å²) in [6, 6.07) is 0. The Hall–Kier alpha value is -0.790. The second-order valence-corrected chi connectivity index (χ2v) is 4.15. The van der Waals surface area contributed by atoms with Crippen LogP contribution in [0.5, 0.6) is 0 Å². The van der Waals surface area contributed by atoms with Crippen molar-refractivity contribution in [3.05, 3.63) is 23.1 Å². The van der Waals surface area contributed by atoms with Crippen LogP contribution in [-0.2, 0) is 11.1 Å². The lowest BCUT2D eigenvalue weighted by molar-refractivity contribution is 0.565. The number of aromatic nitrogens is 3. The van der Waals surface area contributed by atoms with Crippen molar-refractivity contribution >= 4 is 32.7 Å². The third kappa shape index (κ3) is 1.50. The highest BCUT2D eigenvalue weighted by molar-refractivity contribution is 9.10. The van der Waals surface area contributed by atoms with Crippen LogP contribution in [-0.4, -0.2) is 23.4 Å². The molecule has 68 valence electrons. The molecule has 2 aromatic heterocycles. The van der Waals surface area contributed by atoms with Crippen molar-refractivity contribution in [1.82, 2.24) is 14.6 Å². The molecule has 0 spiro atoms. The fourth-order valence-corrected chi connectivity index (χ4v) is 1.69. The van der Waals surface area contributed by atoms with Crippen molar-refractivity contribution in [2.45, 2.75) is 4.90 Å². The standard InChI is InChI=1S/C6H4BrN3O2S/c7-4-1-8-6-5(13(11)12)2-9-10(6)3-4/h1-3H,(H,11,12). The van der Waals surface area contributed by atoms with Gasteiger partial charge in [0.05, 0.1) is 10.7 Å². The Balaban J connectivity index is 2.76. The van der Waals surface area contributed by atoms with Crippen LogP contribution in [0.3, 0.4) is 0 Å². The third-order valence-corrected chi connectivity index (χ3v) is 2.55. The van der Waals surface area contributed by atoms with Gasteiger partial charge in [-0.05, 0) is 15.9 Å². The lowest BCUT2D eigenvalue weighted by Crippen LogP contribution is -1.92. The molecule has 0 fully saturated rings. The zero-order valence-electron chi connectivity index (χ0n) is 6.22. The van der Waals surface area contributed by atoms with Gasteiger partial charge in [0, 0.05) is 12.4 Å². The largest absolute Gasteiger partial charge is 0.302 e. The molecular formula is C6H4BrN3O2S. The van der Waals surface area contributed by atoms with Crippen LogP contribution in [0.4, 0.5) is 0 Å². The maximum Gasteiger partial charge on any atom is 0.192 e. The number of hydrogen-bond acceptors (Lipinski definition) is 3. The minimum absolute atomic E-state index is 0.215. The molecule has 0 bridgehead atoms. The van der Waals surface area contributed by atoms with E-state index in [4.69, 9.17) is 4.55 Å². The summed E-state index contributed by atoms with van der Waals surface area (Å²) >= 11 is 1.18. The van der Waals surface area contributed by atoms with Crippen LogP contribution >= 0.6 is 15.9 Å². The van der Waals surface area contributed by atoms with Crippen molar-refractivity contribution < 1.29 is 8.76 Å². The monoisotopic (exact) mass is 261 g/mol. The zero-order chi connectivity index (χ0) is 9.42. The van der Waals surface area contributed by atoms with E-state index in [-0.39, 0.29) is 4.90 Å². The van der Waals surface area contributed by atoms with E-state index < -0.39 is 11.1 Å². The van der Waals surface area contributed by atoms with E-state index >= 15 is 0 Å². The molecule has 0 aliphatic carbocycles. The second-order valence-electron chi connectivity index (χ2n) is 2.30. The lowest BCUT2D eigenvalue weighted by Gasteiger charge is -1.93. The van der Waals surface area contributed by atoms with Gasteiger partial charge in [-0.3, -0.25) is 0 Å². The van der Waals surface area contributed by atoms with Crippen molar-refractivity contribution in [3.8, 4) is 0 Å². The Morgan fingerprint density at radius 1 is 1.54 bits per heavy atom. The molecule has 7 heteroatoms. The lowest BCUT2D eigenvalue weighted by atomic mass is 10.6. The average molecular weight is 262 g/mol. The Bertz CT molecular complexity index is 484. The van der Waals surface area contributed by atoms with Gasteiger partial charge in [0.1, 0.15) is 4.90 Å². The van der Waals surface area contributed by atoms with Crippen LogP contribution in [0.2, 0.25) is 0 Å². The molecule has 0 aromatic carbocycles. The summed E-state index contributed by atoms with van der Waals surface area (Å²) in [6.45, 7) is 0. The smallest absolute Gasteiger partial charge is 0.192 e. The van der Waals surface area contributed by atoms with E-state index in [1.54, 1.807) is 12.4 Å². The maximum absolute atomic E-state index is 10.8. The molecule has 0 saturated carbocycles. The normalized spacial score (nSPS) is 13.4. The van der Waals surface area contributed by atoms with E-state index in [0.717, 1.165) is 4.47 Å². The molecule has 2 heterocycles. The number of rotatable bonds is 1. The Kier molecular flexibility index (Phi) is 2.14. The van der Waals surface area contributed by atoms with Crippen LogP contribution in [0.1, 0.15) is 0 Å². The van der Waals surface area contributed by atoms with Crippen molar-refractivity contribution in [1.29, 1.82) is 0 Å². The summed E-state index contributed by atoms with van der Waals surface area (Å²) in [5.41, 5.74) is 0.393. The molecular weight excluding hydrogens is 258 g/mol. The average Bonchev–Trinajstić information content (AvgIpc) is 2.46. The quantitative estimate of drug-likeness (QED) is 0.780. The van der Waals surface area contributed by atoms with Gasteiger partial charge in [-0.1, -0.05) is 0 Å². The van der Waals surface area contributed by atoms with Crippen molar-refractivity contribution in [2.75, 3.05) is 0 Å². The van der Waals surface area contributed by atoms with E-state index in [1.807, 2.05) is 0 Å². The van der Waals surface area contributed by atoms with Crippen LogP contribution in [0, 0.1) is 0 Å². The maximum atomic E-state index is 10.8. The number of halogens is 1. The van der Waals surface area contributed by atoms with Crippen molar-refractivity contribution in [3.63, 3.8) is 0 Å². The Morgan fingerprint density at radius 2 is 2.31 bits per heavy atom. The van der Waals surface area contributed by atoms with Gasteiger partial charge >= 0.3 is 0 Å². The number of nitrogens with zero attached hydrogens (tertiary/aromatic N) is 3. The molecule has 2 rings (SSSR count). The fraction of sp³-hybridized carbons (Fsp3) is 0. The number of fused-ring (bicyclic) bond motifs is 1. The van der Waals surface area contributed by atoms with Gasteiger partial charge in [-0.15, -0.1) is 0 Å². The highest BCUT2D eigenvalue weighted by Crippen LogP contribution is 2.14. The fourth-order valence-electron chi connectivity index (χ4n) is 0.953. The predicted octanol–water partition coefficient (Wildman–Crippen LogP) is 1.07. The zero-order valence-corrected chi connectivity index (χ0v) is 8.62. The highest BCUT2D eigenvalue weighted by Gasteiger charge is 2.09. The van der Waals surface area contributed by atoms with Crippen molar-refractivity contribution in [2.24, 2.45) is 0 Å². The predicted molar refractivity (Wildman–Crippen MR) is 49.7 cm³/mol. The van der Waals surface area contributed by atoms with Gasteiger partial charge < -0.3 is 4.55 Å². The van der Waals surface area contributed by atoms with Gasteiger partial charge in [-0.2, -0.15) is 5.10 Å². The van der Waals surface area contributed by atoms with Gasteiger partial charge in [0.25, 0.3) is 0 Å². The molecule has 0 aliphatic rings. The van der Waals surface area contributed by atoms with E-state index in [2.05, 4.69) is 26.0 Å². The first-order chi connectivity index (χ1) is 6.18. The van der Waals surface area contributed by atoms with Gasteiger partial charge in [0.15, 0.2) is 16.7 Å². The Labute approximate surface area is 84.2 Å². The van der Waals surface area contributed by atoms with E-state index in [0.29, 0.717) is 5.65 Å². The minimum Gasteiger partial charge on any atom is -0.302 e. The highest BCUT2D eigenvalue weighted by atomic mass is 79.9. The molecule has 2 aromatic rings. The minimum atomic E-state index is -2.04. The molecule has 1 N–H and O–H groups in total. The second kappa shape index (κ2) is 3.17. The summed E-state index contributed by atoms with van der Waals surface area (Å²) in [5.74, 6) is 0. The molecule has 0 radical (unpaired) electrons. The van der Waals surface area contributed by atoms with E-state index in [9.17, 15) is 4.21 Å². The summed E-state index contributed by atoms with van der Waals surface area (Å²) in [6.07, 6.45) is 4.54. The number of hydrogen-bond donors (Lipinski definition) is 1. The molecule has 1 atom stereocenters. The Morgan fingerprint density at radius 3 is 3.00 bits per heavy atom. The topological polar surface area (TPSA) is 67.5 Å². The first-order valence-corrected chi connectivity index (χ1v) is 5.18. The molecule has 5 nitrogen and oxygen atoms in total. The summed E-state index contributed by atoms with van der Waals surface area (Å²) in [4.78, 5) is 4.18. The first-order valence-electron chi connectivity index (χ1n) is 3.28.